The van der Waals surface area contributed by atoms with Gasteiger partial charge in [0.1, 0.15) is 0 Å². The number of ether oxygens (including phenoxy) is 1. The Labute approximate surface area is 155 Å². The Morgan fingerprint density at radius 1 is 1.15 bits per heavy atom. The fourth-order valence-corrected chi connectivity index (χ4v) is 2.66. The molecule has 2 rings (SSSR count). The monoisotopic (exact) mass is 388 g/mol. The first-order valence-corrected chi connectivity index (χ1v) is 8.62. The molecule has 27 heavy (non-hydrogen) atoms. The highest BCUT2D eigenvalue weighted by Crippen LogP contribution is 2.34. The van der Waals surface area contributed by atoms with Crippen LogP contribution in [0.1, 0.15) is 18.1 Å². The number of nitrogens with one attached hydrogen (secondary N) is 3. The molecule has 1 aliphatic heterocycles. The first-order valence-electron chi connectivity index (χ1n) is 8.62. The van der Waals surface area contributed by atoms with E-state index < -0.39 is 17.8 Å². The van der Waals surface area contributed by atoms with Crippen LogP contribution in [0, 0.1) is 0 Å². The molecule has 1 aromatic rings. The van der Waals surface area contributed by atoms with E-state index >= 15 is 0 Å². The SMILES string of the molecule is CCNC(=O)CNC(=O)NCc1ccc(N2CCOCC2)cc1C(F)(F)F. The Morgan fingerprint density at radius 2 is 1.85 bits per heavy atom. The zero-order valence-corrected chi connectivity index (χ0v) is 15.0. The molecule has 1 aromatic carbocycles. The van der Waals surface area contributed by atoms with Crippen LogP contribution >= 0.6 is 0 Å². The Morgan fingerprint density at radius 3 is 2.48 bits per heavy atom. The number of hydrogen-bond donors (Lipinski definition) is 3. The summed E-state index contributed by atoms with van der Waals surface area (Å²) in [6.45, 7) is 3.59. The van der Waals surface area contributed by atoms with Gasteiger partial charge in [-0.1, -0.05) is 6.07 Å². The minimum atomic E-state index is -4.54. The lowest BCUT2D eigenvalue weighted by molar-refractivity contribution is -0.138. The van der Waals surface area contributed by atoms with Gasteiger partial charge in [-0.05, 0) is 24.6 Å². The predicted molar refractivity (Wildman–Crippen MR) is 93.4 cm³/mol. The van der Waals surface area contributed by atoms with Crippen LogP contribution in [0.15, 0.2) is 18.2 Å². The largest absolute Gasteiger partial charge is 0.416 e. The van der Waals surface area contributed by atoms with E-state index in [9.17, 15) is 22.8 Å². The summed E-state index contributed by atoms with van der Waals surface area (Å²) < 4.78 is 45.5. The molecule has 0 aromatic heterocycles. The summed E-state index contributed by atoms with van der Waals surface area (Å²) >= 11 is 0. The molecule has 1 aliphatic rings. The second-order valence-electron chi connectivity index (χ2n) is 5.93. The Balaban J connectivity index is 2.02. The molecule has 7 nitrogen and oxygen atoms in total. The Hall–Kier alpha value is -2.49. The predicted octanol–water partition coefficient (Wildman–Crippen LogP) is 1.48. The normalized spacial score (nSPS) is 14.6. The zero-order valence-electron chi connectivity index (χ0n) is 15.0. The van der Waals surface area contributed by atoms with Gasteiger partial charge < -0.3 is 25.6 Å². The molecule has 1 fully saturated rings. The van der Waals surface area contributed by atoms with E-state index in [1.165, 1.54) is 6.07 Å². The average molecular weight is 388 g/mol. The molecule has 0 aliphatic carbocycles. The first-order chi connectivity index (χ1) is 12.8. The summed E-state index contributed by atoms with van der Waals surface area (Å²) in [7, 11) is 0. The van der Waals surface area contributed by atoms with E-state index in [1.807, 2.05) is 4.90 Å². The Kier molecular flexibility index (Phi) is 7.28. The molecule has 0 atom stereocenters. The van der Waals surface area contributed by atoms with Crippen LogP contribution in [0.3, 0.4) is 0 Å². The summed E-state index contributed by atoms with van der Waals surface area (Å²) in [5.74, 6) is -0.376. The number of rotatable bonds is 6. The summed E-state index contributed by atoms with van der Waals surface area (Å²) in [6, 6.07) is 3.34. The molecule has 0 bridgehead atoms. The highest BCUT2D eigenvalue weighted by Gasteiger charge is 2.34. The van der Waals surface area contributed by atoms with Crippen LogP contribution in [0.2, 0.25) is 0 Å². The van der Waals surface area contributed by atoms with Crippen molar-refractivity contribution in [1.82, 2.24) is 16.0 Å². The lowest BCUT2D eigenvalue weighted by atomic mass is 10.1. The molecule has 0 spiro atoms. The van der Waals surface area contributed by atoms with Crippen molar-refractivity contribution in [3.05, 3.63) is 29.3 Å². The van der Waals surface area contributed by atoms with Crippen molar-refractivity contribution in [2.24, 2.45) is 0 Å². The van der Waals surface area contributed by atoms with Crippen LogP contribution in [0.4, 0.5) is 23.7 Å². The van der Waals surface area contributed by atoms with Gasteiger partial charge in [-0.25, -0.2) is 4.79 Å². The second-order valence-corrected chi connectivity index (χ2v) is 5.93. The number of hydrogen-bond acceptors (Lipinski definition) is 4. The summed E-state index contributed by atoms with van der Waals surface area (Å²) in [4.78, 5) is 24.8. The van der Waals surface area contributed by atoms with Crippen LogP contribution in [-0.4, -0.2) is 51.3 Å². The third-order valence-electron chi connectivity index (χ3n) is 4.00. The van der Waals surface area contributed by atoms with Crippen molar-refractivity contribution in [2.75, 3.05) is 44.3 Å². The van der Waals surface area contributed by atoms with Gasteiger partial charge in [0.05, 0.1) is 25.3 Å². The molecule has 1 heterocycles. The number of anilines is 1. The molecular formula is C17H23F3N4O3. The number of alkyl halides is 3. The topological polar surface area (TPSA) is 82.7 Å². The van der Waals surface area contributed by atoms with Gasteiger partial charge in [-0.3, -0.25) is 4.79 Å². The van der Waals surface area contributed by atoms with Gasteiger partial charge in [0.15, 0.2) is 0 Å². The second kappa shape index (κ2) is 9.45. The van der Waals surface area contributed by atoms with E-state index in [2.05, 4.69) is 16.0 Å². The summed E-state index contributed by atoms with van der Waals surface area (Å²) in [6.07, 6.45) is -4.54. The minimum Gasteiger partial charge on any atom is -0.378 e. The number of carbonyl (C=O) groups is 2. The van der Waals surface area contributed by atoms with Crippen molar-refractivity contribution >= 4 is 17.6 Å². The number of urea groups is 1. The van der Waals surface area contributed by atoms with Crippen LogP contribution in [0.25, 0.3) is 0 Å². The number of morpholine rings is 1. The molecular weight excluding hydrogens is 365 g/mol. The van der Waals surface area contributed by atoms with Crippen molar-refractivity contribution in [3.8, 4) is 0 Å². The van der Waals surface area contributed by atoms with E-state index in [-0.39, 0.29) is 24.6 Å². The van der Waals surface area contributed by atoms with Gasteiger partial charge in [-0.2, -0.15) is 13.2 Å². The number of benzene rings is 1. The van der Waals surface area contributed by atoms with Crippen LogP contribution in [0.5, 0.6) is 0 Å². The maximum Gasteiger partial charge on any atom is 0.416 e. The fourth-order valence-electron chi connectivity index (χ4n) is 2.66. The van der Waals surface area contributed by atoms with Gasteiger partial charge >= 0.3 is 12.2 Å². The number of nitrogens with zero attached hydrogens (tertiary/aromatic N) is 1. The molecule has 150 valence electrons. The average Bonchev–Trinajstić information content (AvgIpc) is 2.65. The Bertz CT molecular complexity index is 661. The van der Waals surface area contributed by atoms with E-state index in [1.54, 1.807) is 13.0 Å². The molecule has 3 N–H and O–H groups in total. The standard InChI is InChI=1S/C17H23F3N4O3/c1-2-21-15(25)11-23-16(26)22-10-12-3-4-13(9-14(12)17(18,19)20)24-5-7-27-8-6-24/h3-4,9H,2,5-8,10-11H2,1H3,(H,21,25)(H2,22,23,26). The number of halogens is 3. The van der Waals surface area contributed by atoms with Gasteiger partial charge in [0, 0.05) is 31.9 Å². The fraction of sp³-hybridized carbons (Fsp3) is 0.529. The smallest absolute Gasteiger partial charge is 0.378 e. The number of amides is 3. The van der Waals surface area contributed by atoms with Gasteiger partial charge in [-0.15, -0.1) is 0 Å². The zero-order chi connectivity index (χ0) is 19.9. The number of carbonyl (C=O) groups excluding carboxylic acids is 2. The molecule has 3 amide bonds. The van der Waals surface area contributed by atoms with Crippen molar-refractivity contribution in [2.45, 2.75) is 19.6 Å². The first kappa shape index (κ1) is 20.8. The van der Waals surface area contributed by atoms with Gasteiger partial charge in [0.25, 0.3) is 0 Å². The number of likely N-dealkylation sites (N-methyl/N-ethyl adjacent to an activating group) is 1. The molecule has 0 saturated carbocycles. The van der Waals surface area contributed by atoms with Crippen molar-refractivity contribution in [3.63, 3.8) is 0 Å². The van der Waals surface area contributed by atoms with E-state index in [4.69, 9.17) is 4.74 Å². The van der Waals surface area contributed by atoms with E-state index in [0.717, 1.165) is 6.07 Å². The summed E-state index contributed by atoms with van der Waals surface area (Å²) in [5, 5.41) is 7.13. The highest BCUT2D eigenvalue weighted by molar-refractivity contribution is 5.83. The maximum atomic E-state index is 13.4. The van der Waals surface area contributed by atoms with E-state index in [0.29, 0.717) is 38.5 Å². The summed E-state index contributed by atoms with van der Waals surface area (Å²) in [5.41, 5.74) is -0.377. The molecule has 0 unspecified atom stereocenters. The van der Waals surface area contributed by atoms with Crippen molar-refractivity contribution in [1.29, 1.82) is 0 Å². The minimum absolute atomic E-state index is 0.0485. The lowest BCUT2D eigenvalue weighted by Gasteiger charge is -2.29. The molecule has 1 saturated heterocycles. The van der Waals surface area contributed by atoms with Crippen LogP contribution < -0.4 is 20.9 Å². The molecule has 10 heteroatoms. The van der Waals surface area contributed by atoms with Crippen LogP contribution in [-0.2, 0) is 22.3 Å². The maximum absolute atomic E-state index is 13.4. The third-order valence-corrected chi connectivity index (χ3v) is 4.00. The lowest BCUT2D eigenvalue weighted by Crippen LogP contribution is -2.41. The quantitative estimate of drug-likeness (QED) is 0.690. The van der Waals surface area contributed by atoms with Crippen molar-refractivity contribution < 1.29 is 27.5 Å². The molecule has 0 radical (unpaired) electrons. The van der Waals surface area contributed by atoms with Gasteiger partial charge in [0.2, 0.25) is 5.91 Å². The third kappa shape index (κ3) is 6.31. The highest BCUT2D eigenvalue weighted by atomic mass is 19.4.